The van der Waals surface area contributed by atoms with Crippen LogP contribution in [0.3, 0.4) is 0 Å². The van der Waals surface area contributed by atoms with Gasteiger partial charge in [-0.25, -0.2) is 9.78 Å². The molecule has 0 radical (unpaired) electrons. The van der Waals surface area contributed by atoms with Crippen LogP contribution in [0.1, 0.15) is 45.0 Å². The Morgan fingerprint density at radius 3 is 2.69 bits per heavy atom. The molecule has 1 heterocycles. The molecule has 0 bridgehead atoms. The van der Waals surface area contributed by atoms with Gasteiger partial charge < -0.3 is 14.2 Å². The molecular formula is C25H26Br2ClN3O5. The summed E-state index contributed by atoms with van der Waals surface area (Å²) in [5.74, 6) is 0.513. The van der Waals surface area contributed by atoms with E-state index in [0.29, 0.717) is 38.9 Å². The Hall–Kier alpha value is -2.43. The average Bonchev–Trinajstić information content (AvgIpc) is 2.86. The Morgan fingerprint density at radius 2 is 2.03 bits per heavy atom. The third kappa shape index (κ3) is 6.27. The summed E-state index contributed by atoms with van der Waals surface area (Å²) in [5.41, 5.74) is 0.876. The van der Waals surface area contributed by atoms with Crippen LogP contribution in [0.5, 0.6) is 11.5 Å². The number of aryl methyl sites for hydroxylation is 1. The predicted molar refractivity (Wildman–Crippen MR) is 148 cm³/mol. The molecule has 1 aromatic heterocycles. The van der Waals surface area contributed by atoms with Crippen molar-refractivity contribution in [2.24, 2.45) is 5.10 Å². The van der Waals surface area contributed by atoms with Crippen molar-refractivity contribution >= 4 is 66.5 Å². The van der Waals surface area contributed by atoms with Gasteiger partial charge in [-0.1, -0.05) is 40.9 Å². The Morgan fingerprint density at radius 1 is 1.28 bits per heavy atom. The van der Waals surface area contributed by atoms with Crippen molar-refractivity contribution in [3.8, 4) is 11.5 Å². The molecule has 8 nitrogen and oxygen atoms in total. The molecule has 36 heavy (non-hydrogen) atoms. The number of methoxy groups -OCH3 is 1. The summed E-state index contributed by atoms with van der Waals surface area (Å²) < 4.78 is 18.7. The summed E-state index contributed by atoms with van der Waals surface area (Å²) in [7, 11) is 1.46. The maximum atomic E-state index is 13.3. The largest absolute Gasteiger partial charge is 0.493 e. The third-order valence-electron chi connectivity index (χ3n) is 5.23. The number of carbonyl (C=O) groups is 1. The fourth-order valence-corrected chi connectivity index (χ4v) is 4.38. The van der Waals surface area contributed by atoms with Crippen LogP contribution in [0.15, 0.2) is 43.1 Å². The van der Waals surface area contributed by atoms with E-state index in [1.54, 1.807) is 26.0 Å². The lowest BCUT2D eigenvalue weighted by Crippen LogP contribution is -2.26. The molecule has 192 valence electrons. The summed E-state index contributed by atoms with van der Waals surface area (Å²) >= 11 is 13.4. The molecule has 0 spiro atoms. The maximum Gasteiger partial charge on any atom is 0.347 e. The lowest BCUT2D eigenvalue weighted by molar-refractivity contribution is -0.150. The molecule has 0 unspecified atom stereocenters. The first-order chi connectivity index (χ1) is 17.2. The highest BCUT2D eigenvalue weighted by molar-refractivity contribution is 9.10. The molecular weight excluding hydrogens is 618 g/mol. The van der Waals surface area contributed by atoms with Crippen LogP contribution < -0.4 is 15.0 Å². The summed E-state index contributed by atoms with van der Waals surface area (Å²) in [6.07, 6.45) is 3.00. The number of hydrogen-bond acceptors (Lipinski definition) is 7. The van der Waals surface area contributed by atoms with Crippen molar-refractivity contribution in [2.45, 2.75) is 46.1 Å². The number of fused-ring (bicyclic) bond motifs is 1. The molecule has 11 heteroatoms. The summed E-state index contributed by atoms with van der Waals surface area (Å²) in [6.45, 7) is 5.58. The van der Waals surface area contributed by atoms with Gasteiger partial charge in [-0.15, -0.1) is 0 Å². The van der Waals surface area contributed by atoms with Gasteiger partial charge in [0.25, 0.3) is 5.56 Å². The third-order valence-corrected chi connectivity index (χ3v) is 7.17. The fourth-order valence-electron chi connectivity index (χ4n) is 3.38. The molecule has 0 amide bonds. The van der Waals surface area contributed by atoms with Crippen molar-refractivity contribution in [1.29, 1.82) is 0 Å². The topological polar surface area (TPSA) is 92.0 Å². The van der Waals surface area contributed by atoms with Crippen molar-refractivity contribution in [1.82, 2.24) is 9.66 Å². The van der Waals surface area contributed by atoms with E-state index in [-0.39, 0.29) is 22.9 Å². The van der Waals surface area contributed by atoms with Gasteiger partial charge in [0, 0.05) is 20.9 Å². The van der Waals surface area contributed by atoms with E-state index >= 15 is 0 Å². The standard InChI is InChI=1S/C25H26Br2ClN3O5/c1-5-7-8-20-30-18-10-9-16(26)12-17(18)24(32)31(20)29-13-15-11-19(34-4)23(22(28)21(15)27)36-14(3)25(33)35-6-2/h9-14H,5-8H2,1-4H3/t14-/m0/s1. The van der Waals surface area contributed by atoms with Crippen molar-refractivity contribution in [3.63, 3.8) is 0 Å². The Kier molecular flexibility index (Phi) is 9.92. The van der Waals surface area contributed by atoms with Gasteiger partial charge in [0.2, 0.25) is 0 Å². The van der Waals surface area contributed by atoms with Gasteiger partial charge in [0.1, 0.15) is 10.8 Å². The number of rotatable bonds is 10. The maximum absolute atomic E-state index is 13.3. The first-order valence-electron chi connectivity index (χ1n) is 11.4. The second kappa shape index (κ2) is 12.7. The molecule has 0 aliphatic heterocycles. The molecule has 1 atom stereocenters. The Labute approximate surface area is 230 Å². The SMILES string of the molecule is CCCCc1nc2ccc(Br)cc2c(=O)n1N=Cc1cc(OC)c(O[C@@H](C)C(=O)OCC)c(Cl)c1Br. The molecule has 0 fully saturated rings. The summed E-state index contributed by atoms with van der Waals surface area (Å²) in [5, 5.41) is 5.11. The van der Waals surface area contributed by atoms with E-state index in [1.165, 1.54) is 18.0 Å². The summed E-state index contributed by atoms with van der Waals surface area (Å²) in [4.78, 5) is 30.0. The molecule has 0 aliphatic rings. The number of esters is 1. The van der Waals surface area contributed by atoms with Crippen LogP contribution in [0.2, 0.25) is 5.02 Å². The van der Waals surface area contributed by atoms with Crippen molar-refractivity contribution < 1.29 is 19.0 Å². The van der Waals surface area contributed by atoms with Gasteiger partial charge in [-0.2, -0.15) is 9.78 Å². The van der Waals surface area contributed by atoms with Crippen molar-refractivity contribution in [3.05, 3.63) is 60.0 Å². The van der Waals surface area contributed by atoms with Crippen LogP contribution >= 0.6 is 43.5 Å². The number of aromatic nitrogens is 2. The number of nitrogens with zero attached hydrogens (tertiary/aromatic N) is 3. The highest BCUT2D eigenvalue weighted by Gasteiger charge is 2.23. The molecule has 0 N–H and O–H groups in total. The average molecular weight is 644 g/mol. The van der Waals surface area contributed by atoms with Crippen LogP contribution in [-0.2, 0) is 16.0 Å². The van der Waals surface area contributed by atoms with Gasteiger partial charge in [-0.3, -0.25) is 4.79 Å². The molecule has 0 saturated heterocycles. The minimum Gasteiger partial charge on any atom is -0.493 e. The van der Waals surface area contributed by atoms with Crippen LogP contribution in [0.25, 0.3) is 10.9 Å². The van der Waals surface area contributed by atoms with Crippen LogP contribution in [0, 0.1) is 0 Å². The normalized spacial score (nSPS) is 12.2. The highest BCUT2D eigenvalue weighted by atomic mass is 79.9. The van der Waals surface area contributed by atoms with E-state index in [1.807, 2.05) is 12.1 Å². The first kappa shape index (κ1) is 28.1. The van der Waals surface area contributed by atoms with E-state index in [4.69, 9.17) is 25.8 Å². The highest BCUT2D eigenvalue weighted by Crippen LogP contribution is 2.42. The minimum absolute atomic E-state index is 0.182. The molecule has 3 aromatic rings. The lowest BCUT2D eigenvalue weighted by Gasteiger charge is -2.18. The smallest absolute Gasteiger partial charge is 0.347 e. The Balaban J connectivity index is 2.06. The van der Waals surface area contributed by atoms with E-state index < -0.39 is 12.1 Å². The number of halogens is 3. The van der Waals surface area contributed by atoms with Gasteiger partial charge in [0.05, 0.1) is 30.8 Å². The summed E-state index contributed by atoms with van der Waals surface area (Å²) in [6, 6.07) is 7.03. The zero-order valence-electron chi connectivity index (χ0n) is 20.3. The number of benzene rings is 2. The minimum atomic E-state index is -0.898. The van der Waals surface area contributed by atoms with Gasteiger partial charge in [-0.05, 0) is 60.5 Å². The van der Waals surface area contributed by atoms with Crippen LogP contribution in [0.4, 0.5) is 0 Å². The number of hydrogen-bond donors (Lipinski definition) is 0. The molecule has 0 aliphatic carbocycles. The fraction of sp³-hybridized carbons (Fsp3) is 0.360. The molecule has 0 saturated carbocycles. The van der Waals surface area contributed by atoms with Crippen LogP contribution in [-0.4, -0.2) is 41.7 Å². The second-order valence-corrected chi connectivity index (χ2v) is 9.88. The zero-order valence-corrected chi connectivity index (χ0v) is 24.2. The van der Waals surface area contributed by atoms with Gasteiger partial charge >= 0.3 is 5.97 Å². The van der Waals surface area contributed by atoms with Crippen molar-refractivity contribution in [2.75, 3.05) is 13.7 Å². The number of carbonyl (C=O) groups excluding carboxylic acids is 1. The molecule has 2 aromatic carbocycles. The quantitative estimate of drug-likeness (QED) is 0.195. The van der Waals surface area contributed by atoms with E-state index in [2.05, 4.69) is 48.9 Å². The zero-order chi connectivity index (χ0) is 26.4. The van der Waals surface area contributed by atoms with Gasteiger partial charge in [0.15, 0.2) is 17.6 Å². The van der Waals surface area contributed by atoms with E-state index in [0.717, 1.165) is 17.3 Å². The van der Waals surface area contributed by atoms with E-state index in [9.17, 15) is 9.59 Å². The Bertz CT molecular complexity index is 1360. The monoisotopic (exact) mass is 641 g/mol. The molecule has 3 rings (SSSR count). The number of unbranched alkanes of at least 4 members (excludes halogenated alkanes) is 1. The lowest BCUT2D eigenvalue weighted by atomic mass is 10.2. The first-order valence-corrected chi connectivity index (χ1v) is 13.3. The second-order valence-electron chi connectivity index (χ2n) is 7.79. The number of ether oxygens (including phenoxy) is 3. The predicted octanol–water partition coefficient (Wildman–Crippen LogP) is 6.14.